The summed E-state index contributed by atoms with van der Waals surface area (Å²) in [5.74, 6) is 0.0409. The summed E-state index contributed by atoms with van der Waals surface area (Å²) in [5.41, 5.74) is 0. The van der Waals surface area contributed by atoms with Crippen molar-refractivity contribution in [3.05, 3.63) is 0 Å². The van der Waals surface area contributed by atoms with Crippen LogP contribution < -0.4 is 10.0 Å². The summed E-state index contributed by atoms with van der Waals surface area (Å²) in [7, 11) is 1.42. The molecule has 0 aliphatic heterocycles. The number of rotatable bonds is 4. The molecule has 0 rings (SSSR count). The van der Waals surface area contributed by atoms with Gasteiger partial charge >= 0.3 is 0 Å². The van der Waals surface area contributed by atoms with Gasteiger partial charge in [-0.2, -0.15) is 0 Å². The summed E-state index contributed by atoms with van der Waals surface area (Å²) in [6, 6.07) is 0.230. The summed E-state index contributed by atoms with van der Waals surface area (Å²) in [6.07, 6.45) is 0. The maximum absolute atomic E-state index is 10.8. The molecule has 0 fully saturated rings. The van der Waals surface area contributed by atoms with Crippen molar-refractivity contribution >= 4 is 36.2 Å². The lowest BCUT2D eigenvalue weighted by atomic mass is 10.4. The lowest BCUT2D eigenvalue weighted by Crippen LogP contribution is -2.35. The SMILES string of the molecule is CC(C)NC(=O)CNSI. The lowest BCUT2D eigenvalue weighted by molar-refractivity contribution is -0.120. The average Bonchev–Trinajstić information content (AvgIpc) is 1.82. The Morgan fingerprint density at radius 2 is 2.30 bits per heavy atom. The van der Waals surface area contributed by atoms with E-state index in [1.807, 2.05) is 13.8 Å². The van der Waals surface area contributed by atoms with Crippen molar-refractivity contribution in [3.8, 4) is 0 Å². The summed E-state index contributed by atoms with van der Waals surface area (Å²) in [4.78, 5) is 10.8. The summed E-state index contributed by atoms with van der Waals surface area (Å²) >= 11 is 2.08. The Morgan fingerprint density at radius 1 is 1.70 bits per heavy atom. The first kappa shape index (κ1) is 10.5. The van der Waals surface area contributed by atoms with Gasteiger partial charge < -0.3 is 5.32 Å². The maximum Gasteiger partial charge on any atom is 0.235 e. The fourth-order valence-corrected chi connectivity index (χ4v) is 1.12. The minimum absolute atomic E-state index is 0.0409. The molecule has 10 heavy (non-hydrogen) atoms. The van der Waals surface area contributed by atoms with Gasteiger partial charge in [-0.1, -0.05) is 0 Å². The van der Waals surface area contributed by atoms with Crippen LogP contribution in [0, 0.1) is 0 Å². The Labute approximate surface area is 77.4 Å². The van der Waals surface area contributed by atoms with Crippen LogP contribution in [0.1, 0.15) is 13.8 Å². The Balaban J connectivity index is 3.26. The number of halogens is 1. The first-order valence-corrected chi connectivity index (χ1v) is 6.32. The molecule has 3 nitrogen and oxygen atoms in total. The molecule has 1 amide bonds. The quantitative estimate of drug-likeness (QED) is 0.596. The number of hydrogen-bond acceptors (Lipinski definition) is 3. The monoisotopic (exact) mass is 274 g/mol. The normalized spacial score (nSPS) is 10.0. The maximum atomic E-state index is 10.8. The van der Waals surface area contributed by atoms with E-state index < -0.39 is 0 Å². The van der Waals surface area contributed by atoms with E-state index in [-0.39, 0.29) is 11.9 Å². The molecule has 0 unspecified atom stereocenters. The van der Waals surface area contributed by atoms with E-state index >= 15 is 0 Å². The lowest BCUT2D eigenvalue weighted by Gasteiger charge is -2.06. The molecule has 0 aromatic heterocycles. The highest BCUT2D eigenvalue weighted by atomic mass is 127. The van der Waals surface area contributed by atoms with E-state index in [0.29, 0.717) is 6.54 Å². The fraction of sp³-hybridized carbons (Fsp3) is 0.800. The van der Waals surface area contributed by atoms with E-state index in [0.717, 1.165) is 0 Å². The molecule has 0 bridgehead atoms. The van der Waals surface area contributed by atoms with Crippen molar-refractivity contribution in [2.24, 2.45) is 0 Å². The van der Waals surface area contributed by atoms with Gasteiger partial charge in [0, 0.05) is 27.2 Å². The van der Waals surface area contributed by atoms with Crippen LogP contribution in [-0.2, 0) is 4.79 Å². The minimum atomic E-state index is 0.0409. The smallest absolute Gasteiger partial charge is 0.235 e. The third-order valence-corrected chi connectivity index (χ3v) is 1.92. The highest BCUT2D eigenvalue weighted by Gasteiger charge is 2.00. The van der Waals surface area contributed by atoms with Crippen LogP contribution in [0.4, 0.5) is 0 Å². The molecule has 0 aromatic rings. The Bertz CT molecular complexity index is 110. The molecule has 0 aromatic carbocycles. The fourth-order valence-electron chi connectivity index (χ4n) is 0.466. The van der Waals surface area contributed by atoms with E-state index in [2.05, 4.69) is 31.2 Å². The van der Waals surface area contributed by atoms with Crippen LogP contribution in [0.25, 0.3) is 0 Å². The minimum Gasteiger partial charge on any atom is -0.353 e. The Morgan fingerprint density at radius 3 is 2.70 bits per heavy atom. The Hall–Kier alpha value is 0.510. The zero-order valence-electron chi connectivity index (χ0n) is 5.98. The summed E-state index contributed by atoms with van der Waals surface area (Å²) < 4.78 is 2.84. The first-order valence-electron chi connectivity index (χ1n) is 2.96. The van der Waals surface area contributed by atoms with Gasteiger partial charge in [0.05, 0.1) is 6.54 Å². The number of hydrogen-bond donors (Lipinski definition) is 2. The average molecular weight is 274 g/mol. The van der Waals surface area contributed by atoms with Crippen molar-refractivity contribution < 1.29 is 4.79 Å². The largest absolute Gasteiger partial charge is 0.353 e. The van der Waals surface area contributed by atoms with Crippen molar-refractivity contribution in [2.75, 3.05) is 6.54 Å². The predicted octanol–water partition coefficient (Wildman–Crippen LogP) is 1.10. The van der Waals surface area contributed by atoms with Gasteiger partial charge in [-0.05, 0) is 23.0 Å². The van der Waals surface area contributed by atoms with Gasteiger partial charge in [-0.15, -0.1) is 0 Å². The van der Waals surface area contributed by atoms with Gasteiger partial charge in [0.2, 0.25) is 5.91 Å². The molecular formula is C5H11IN2OS. The van der Waals surface area contributed by atoms with E-state index in [1.54, 1.807) is 0 Å². The van der Waals surface area contributed by atoms with Gasteiger partial charge in [0.25, 0.3) is 0 Å². The van der Waals surface area contributed by atoms with Crippen LogP contribution in [0.2, 0.25) is 0 Å². The van der Waals surface area contributed by atoms with E-state index in [9.17, 15) is 4.79 Å². The molecular weight excluding hydrogens is 263 g/mol. The van der Waals surface area contributed by atoms with Gasteiger partial charge in [0.1, 0.15) is 0 Å². The zero-order chi connectivity index (χ0) is 7.98. The molecule has 0 aliphatic rings. The topological polar surface area (TPSA) is 41.1 Å². The van der Waals surface area contributed by atoms with Crippen molar-refractivity contribution in [1.29, 1.82) is 0 Å². The molecule has 0 spiro atoms. The summed E-state index contributed by atoms with van der Waals surface area (Å²) in [6.45, 7) is 4.26. The highest BCUT2D eigenvalue weighted by Crippen LogP contribution is 2.02. The molecule has 60 valence electrons. The van der Waals surface area contributed by atoms with E-state index in [1.165, 1.54) is 9.12 Å². The van der Waals surface area contributed by atoms with Gasteiger partial charge in [-0.3, -0.25) is 4.79 Å². The standard InChI is InChI=1S/C5H11IN2OS/c1-4(2)8-5(9)3-7-10-6/h4,7H,3H2,1-2H3,(H,8,9). The molecule has 5 heteroatoms. The molecule has 0 radical (unpaired) electrons. The molecule has 0 atom stereocenters. The molecule has 0 saturated carbocycles. The predicted molar refractivity (Wildman–Crippen MR) is 52.9 cm³/mol. The van der Waals surface area contributed by atoms with Gasteiger partial charge in [-0.25, -0.2) is 4.72 Å². The number of amides is 1. The number of carbonyl (C=O) groups is 1. The number of nitrogens with one attached hydrogen (secondary N) is 2. The third kappa shape index (κ3) is 6.63. The molecule has 0 saturated heterocycles. The van der Waals surface area contributed by atoms with E-state index in [4.69, 9.17) is 0 Å². The second-order valence-electron chi connectivity index (χ2n) is 2.12. The van der Waals surface area contributed by atoms with Gasteiger partial charge in [0.15, 0.2) is 0 Å². The second kappa shape index (κ2) is 6.23. The van der Waals surface area contributed by atoms with Crippen LogP contribution in [0.5, 0.6) is 0 Å². The first-order chi connectivity index (χ1) is 4.66. The van der Waals surface area contributed by atoms with Crippen molar-refractivity contribution in [1.82, 2.24) is 10.0 Å². The second-order valence-corrected chi connectivity index (χ2v) is 3.88. The summed E-state index contributed by atoms with van der Waals surface area (Å²) in [5, 5.41) is 2.76. The number of carbonyl (C=O) groups excluding carboxylic acids is 1. The molecule has 0 heterocycles. The molecule has 2 N–H and O–H groups in total. The highest BCUT2D eigenvalue weighted by molar-refractivity contribution is 14.2. The Kier molecular flexibility index (Phi) is 6.55. The van der Waals surface area contributed by atoms with Crippen LogP contribution in [-0.4, -0.2) is 18.5 Å². The molecule has 0 aliphatic carbocycles. The van der Waals surface area contributed by atoms with Crippen LogP contribution in [0.15, 0.2) is 0 Å². The zero-order valence-corrected chi connectivity index (χ0v) is 8.95. The van der Waals surface area contributed by atoms with Crippen molar-refractivity contribution in [3.63, 3.8) is 0 Å². The van der Waals surface area contributed by atoms with Crippen molar-refractivity contribution in [2.45, 2.75) is 19.9 Å². The van der Waals surface area contributed by atoms with Crippen LogP contribution >= 0.6 is 30.3 Å². The van der Waals surface area contributed by atoms with Crippen LogP contribution in [0.3, 0.4) is 0 Å². The third-order valence-electron chi connectivity index (χ3n) is 0.737.